The molecule has 2 aromatic rings. The SMILES string of the molecule is CCNC(=NCc1csc(N(C)C)n1)NC1CCN(c2ncccc2F)C1. The molecular formula is C18H26FN7S. The van der Waals surface area contributed by atoms with Crippen LogP contribution in [0.25, 0.3) is 0 Å². The lowest BCUT2D eigenvalue weighted by molar-refractivity contribution is 0.612. The van der Waals surface area contributed by atoms with Crippen molar-refractivity contribution in [2.75, 3.05) is 43.5 Å². The maximum Gasteiger partial charge on any atom is 0.191 e. The van der Waals surface area contributed by atoms with Crippen LogP contribution in [0, 0.1) is 5.82 Å². The van der Waals surface area contributed by atoms with Gasteiger partial charge in [-0.15, -0.1) is 11.3 Å². The Morgan fingerprint density at radius 2 is 2.33 bits per heavy atom. The molecular weight excluding hydrogens is 365 g/mol. The number of hydrogen-bond acceptors (Lipinski definition) is 6. The van der Waals surface area contributed by atoms with E-state index < -0.39 is 0 Å². The number of aliphatic imine (C=N–C) groups is 1. The highest BCUT2D eigenvalue weighted by molar-refractivity contribution is 7.13. The normalized spacial score (nSPS) is 17.3. The molecule has 9 heteroatoms. The van der Waals surface area contributed by atoms with Gasteiger partial charge in [0.15, 0.2) is 22.7 Å². The number of rotatable bonds is 6. The van der Waals surface area contributed by atoms with Gasteiger partial charge in [-0.2, -0.15) is 0 Å². The van der Waals surface area contributed by atoms with Gasteiger partial charge in [-0.05, 0) is 25.5 Å². The summed E-state index contributed by atoms with van der Waals surface area (Å²) in [5, 5.41) is 9.72. The fraction of sp³-hybridized carbons (Fsp3) is 0.500. The van der Waals surface area contributed by atoms with Gasteiger partial charge >= 0.3 is 0 Å². The van der Waals surface area contributed by atoms with Gasteiger partial charge in [0.1, 0.15) is 0 Å². The third-order valence-corrected chi connectivity index (χ3v) is 5.29. The Morgan fingerprint density at radius 1 is 1.48 bits per heavy atom. The topological polar surface area (TPSA) is 68.7 Å². The van der Waals surface area contributed by atoms with Gasteiger partial charge in [0, 0.05) is 51.3 Å². The van der Waals surface area contributed by atoms with Crippen molar-refractivity contribution >= 4 is 28.2 Å². The first-order valence-electron chi connectivity index (χ1n) is 9.09. The van der Waals surface area contributed by atoms with E-state index in [2.05, 4.69) is 25.6 Å². The number of thiazole rings is 1. The predicted octanol–water partition coefficient (Wildman–Crippen LogP) is 2.08. The van der Waals surface area contributed by atoms with E-state index in [1.807, 2.05) is 36.2 Å². The molecule has 146 valence electrons. The number of nitrogens with zero attached hydrogens (tertiary/aromatic N) is 5. The first-order valence-corrected chi connectivity index (χ1v) is 9.96. The minimum Gasteiger partial charge on any atom is -0.357 e. The van der Waals surface area contributed by atoms with Gasteiger partial charge in [0.2, 0.25) is 0 Å². The second-order valence-corrected chi connectivity index (χ2v) is 7.43. The number of aromatic nitrogens is 2. The summed E-state index contributed by atoms with van der Waals surface area (Å²) >= 11 is 1.61. The van der Waals surface area contributed by atoms with Crippen molar-refractivity contribution < 1.29 is 4.39 Å². The third kappa shape index (κ3) is 5.06. The molecule has 1 saturated heterocycles. The molecule has 0 saturated carbocycles. The minimum absolute atomic E-state index is 0.192. The van der Waals surface area contributed by atoms with Crippen molar-refractivity contribution in [2.45, 2.75) is 25.9 Å². The van der Waals surface area contributed by atoms with Crippen molar-refractivity contribution in [3.8, 4) is 0 Å². The molecule has 2 N–H and O–H groups in total. The quantitative estimate of drug-likeness (QED) is 0.580. The molecule has 0 bridgehead atoms. The van der Waals surface area contributed by atoms with Crippen LogP contribution < -0.4 is 20.4 Å². The molecule has 0 amide bonds. The van der Waals surface area contributed by atoms with E-state index in [1.165, 1.54) is 6.07 Å². The van der Waals surface area contributed by atoms with Crippen LogP contribution in [-0.4, -0.2) is 55.7 Å². The van der Waals surface area contributed by atoms with Gasteiger partial charge < -0.3 is 20.4 Å². The molecule has 27 heavy (non-hydrogen) atoms. The summed E-state index contributed by atoms with van der Waals surface area (Å²) in [6, 6.07) is 3.25. The summed E-state index contributed by atoms with van der Waals surface area (Å²) < 4.78 is 13.9. The second-order valence-electron chi connectivity index (χ2n) is 6.60. The standard InChI is InChI=1S/C18H26FN7S/c1-4-20-17(22-10-14-12-27-18(24-14)25(2)3)23-13-7-9-26(11-13)16-15(19)6-5-8-21-16/h5-6,8,12-13H,4,7,9-11H2,1-3H3,(H2,20,22,23). The molecule has 3 heterocycles. The van der Waals surface area contributed by atoms with Crippen LogP contribution in [0.15, 0.2) is 28.7 Å². The zero-order valence-corrected chi connectivity index (χ0v) is 16.8. The Kier molecular flexibility index (Phi) is 6.44. The number of pyridine rings is 1. The number of guanidine groups is 1. The minimum atomic E-state index is -0.279. The summed E-state index contributed by atoms with van der Waals surface area (Å²) in [5.41, 5.74) is 0.949. The van der Waals surface area contributed by atoms with Gasteiger partial charge in [-0.25, -0.2) is 19.4 Å². The maximum absolute atomic E-state index is 13.9. The Bertz CT molecular complexity index is 777. The van der Waals surface area contributed by atoms with Gasteiger partial charge in [-0.3, -0.25) is 0 Å². The van der Waals surface area contributed by atoms with Crippen LogP contribution in [0.1, 0.15) is 19.0 Å². The monoisotopic (exact) mass is 391 g/mol. The lowest BCUT2D eigenvalue weighted by Gasteiger charge is -2.19. The van der Waals surface area contributed by atoms with Crippen molar-refractivity contribution in [2.24, 2.45) is 4.99 Å². The molecule has 2 aromatic heterocycles. The largest absolute Gasteiger partial charge is 0.357 e. The summed E-state index contributed by atoms with van der Waals surface area (Å²) in [6.07, 6.45) is 2.53. The van der Waals surface area contributed by atoms with E-state index in [-0.39, 0.29) is 11.9 Å². The Balaban J connectivity index is 1.60. The molecule has 0 aromatic carbocycles. The highest BCUT2D eigenvalue weighted by Gasteiger charge is 2.25. The Labute approximate surface area is 163 Å². The van der Waals surface area contributed by atoms with E-state index in [9.17, 15) is 4.39 Å². The van der Waals surface area contributed by atoms with Gasteiger partial charge in [0.25, 0.3) is 0 Å². The van der Waals surface area contributed by atoms with Gasteiger partial charge in [0.05, 0.1) is 12.2 Å². The Hall–Kier alpha value is -2.42. The molecule has 7 nitrogen and oxygen atoms in total. The van der Waals surface area contributed by atoms with E-state index >= 15 is 0 Å². The van der Waals surface area contributed by atoms with Crippen LogP contribution in [0.5, 0.6) is 0 Å². The smallest absolute Gasteiger partial charge is 0.191 e. The highest BCUT2D eigenvalue weighted by atomic mass is 32.1. The lowest BCUT2D eigenvalue weighted by atomic mass is 10.3. The number of anilines is 2. The molecule has 1 atom stereocenters. The number of halogens is 1. The molecule has 1 unspecified atom stereocenters. The van der Waals surface area contributed by atoms with E-state index in [0.29, 0.717) is 18.9 Å². The van der Waals surface area contributed by atoms with Crippen LogP contribution in [0.3, 0.4) is 0 Å². The molecule has 0 spiro atoms. The van der Waals surface area contributed by atoms with E-state index in [0.717, 1.165) is 36.3 Å². The highest BCUT2D eigenvalue weighted by Crippen LogP contribution is 2.21. The fourth-order valence-electron chi connectivity index (χ4n) is 2.93. The predicted molar refractivity (Wildman–Crippen MR) is 109 cm³/mol. The first kappa shape index (κ1) is 19.3. The molecule has 3 rings (SSSR count). The lowest BCUT2D eigenvalue weighted by Crippen LogP contribution is -2.44. The third-order valence-electron chi connectivity index (χ3n) is 4.23. The average molecular weight is 392 g/mol. The molecule has 1 aliphatic heterocycles. The fourth-order valence-corrected chi connectivity index (χ4v) is 3.68. The maximum atomic E-state index is 13.9. The summed E-state index contributed by atoms with van der Waals surface area (Å²) in [5.74, 6) is 0.895. The van der Waals surface area contributed by atoms with Crippen molar-refractivity contribution in [3.63, 3.8) is 0 Å². The zero-order chi connectivity index (χ0) is 19.2. The summed E-state index contributed by atoms with van der Waals surface area (Å²) in [4.78, 5) is 17.3. The van der Waals surface area contributed by atoms with Crippen LogP contribution in [0.4, 0.5) is 15.3 Å². The number of nitrogens with one attached hydrogen (secondary N) is 2. The van der Waals surface area contributed by atoms with Crippen LogP contribution in [-0.2, 0) is 6.54 Å². The van der Waals surface area contributed by atoms with Crippen LogP contribution >= 0.6 is 11.3 Å². The molecule has 1 aliphatic rings. The zero-order valence-electron chi connectivity index (χ0n) is 15.9. The molecule has 1 fully saturated rings. The van der Waals surface area contributed by atoms with Gasteiger partial charge in [-0.1, -0.05) is 0 Å². The first-order chi connectivity index (χ1) is 13.1. The summed E-state index contributed by atoms with van der Waals surface area (Å²) in [6.45, 7) is 4.79. The Morgan fingerprint density at radius 3 is 3.04 bits per heavy atom. The second kappa shape index (κ2) is 8.98. The average Bonchev–Trinajstić information content (AvgIpc) is 3.30. The number of hydrogen-bond donors (Lipinski definition) is 2. The van der Waals surface area contributed by atoms with Crippen molar-refractivity contribution in [1.82, 2.24) is 20.6 Å². The summed E-state index contributed by atoms with van der Waals surface area (Å²) in [7, 11) is 3.96. The van der Waals surface area contributed by atoms with Crippen LogP contribution in [0.2, 0.25) is 0 Å². The van der Waals surface area contributed by atoms with E-state index in [4.69, 9.17) is 0 Å². The molecule has 0 radical (unpaired) electrons. The van der Waals surface area contributed by atoms with Crippen molar-refractivity contribution in [1.29, 1.82) is 0 Å². The van der Waals surface area contributed by atoms with E-state index in [1.54, 1.807) is 23.6 Å². The molecule has 0 aliphatic carbocycles. The van der Waals surface area contributed by atoms with Crippen molar-refractivity contribution in [3.05, 3.63) is 35.2 Å².